The topological polar surface area (TPSA) is 98.1 Å². The Kier molecular flexibility index (Phi) is 4.00. The van der Waals surface area contributed by atoms with Crippen molar-refractivity contribution in [1.29, 1.82) is 5.41 Å². The summed E-state index contributed by atoms with van der Waals surface area (Å²) < 4.78 is 53.9. The molecular formula is C14H9F4N5O2. The molecule has 1 aromatic carbocycles. The van der Waals surface area contributed by atoms with Gasteiger partial charge in [0.2, 0.25) is 0 Å². The molecule has 3 aromatic rings. The van der Waals surface area contributed by atoms with Gasteiger partial charge in [0.25, 0.3) is 0 Å². The predicted octanol–water partition coefficient (Wildman–Crippen LogP) is 3.22. The molecule has 130 valence electrons. The number of pyridine rings is 1. The van der Waals surface area contributed by atoms with Gasteiger partial charge in [-0.15, -0.1) is 13.2 Å². The normalized spacial score (nSPS) is 11.6. The number of hydroxylamine groups is 1. The molecule has 25 heavy (non-hydrogen) atoms. The molecule has 0 atom stereocenters. The van der Waals surface area contributed by atoms with E-state index < -0.39 is 23.8 Å². The molecule has 0 fully saturated rings. The van der Waals surface area contributed by atoms with Crippen molar-refractivity contribution in [1.82, 2.24) is 15.0 Å². The first-order chi connectivity index (χ1) is 11.8. The highest BCUT2D eigenvalue weighted by atomic mass is 19.4. The molecule has 3 rings (SSSR count). The molecule has 2 heterocycles. The largest absolute Gasteiger partial charge is 0.573 e. The molecule has 2 aromatic heterocycles. The summed E-state index contributed by atoms with van der Waals surface area (Å²) in [6.07, 6.45) is -2.41. The van der Waals surface area contributed by atoms with Crippen LogP contribution >= 0.6 is 0 Å². The van der Waals surface area contributed by atoms with Crippen molar-refractivity contribution >= 4 is 22.7 Å². The maximum absolute atomic E-state index is 13.5. The van der Waals surface area contributed by atoms with Crippen LogP contribution in [0.5, 0.6) is 5.75 Å². The number of hydrogen-bond donors (Lipinski definition) is 3. The van der Waals surface area contributed by atoms with Gasteiger partial charge in [-0.3, -0.25) is 10.6 Å². The lowest BCUT2D eigenvalue weighted by molar-refractivity contribution is -0.275. The van der Waals surface area contributed by atoms with E-state index in [1.165, 1.54) is 18.6 Å². The van der Waals surface area contributed by atoms with Gasteiger partial charge in [-0.2, -0.15) is 0 Å². The Balaban J connectivity index is 1.95. The van der Waals surface area contributed by atoms with Crippen molar-refractivity contribution in [2.75, 3.05) is 5.06 Å². The Morgan fingerprint density at radius 1 is 1.24 bits per heavy atom. The van der Waals surface area contributed by atoms with E-state index in [1.807, 2.05) is 0 Å². The van der Waals surface area contributed by atoms with Crippen LogP contribution in [0.1, 0.15) is 5.56 Å². The average Bonchev–Trinajstić information content (AvgIpc) is 3.03. The number of nitrogens with one attached hydrogen (secondary N) is 2. The lowest BCUT2D eigenvalue weighted by atomic mass is 10.2. The maximum Gasteiger partial charge on any atom is 0.573 e. The SMILES string of the molecule is N=C(c1ccnc2nc[nH]c12)N(O)c1ccc(F)c(OC(F)(F)F)c1. The van der Waals surface area contributed by atoms with Crippen LogP contribution in [0.3, 0.4) is 0 Å². The van der Waals surface area contributed by atoms with Crippen molar-refractivity contribution in [2.45, 2.75) is 6.36 Å². The lowest BCUT2D eigenvalue weighted by Crippen LogP contribution is -2.27. The standard InChI is InChI=1S/C14H9F4N5O2/c15-9-2-1-7(5-10(9)25-14(16,17)18)23(24)12(19)8-3-4-20-13-11(8)21-6-22-13/h1-6,19,24H,(H,20,21,22). The van der Waals surface area contributed by atoms with Gasteiger partial charge in [-0.25, -0.2) is 19.4 Å². The molecule has 11 heteroatoms. The summed E-state index contributed by atoms with van der Waals surface area (Å²) in [7, 11) is 0. The molecule has 0 spiro atoms. The van der Waals surface area contributed by atoms with Crippen molar-refractivity contribution in [2.24, 2.45) is 0 Å². The third-order valence-corrected chi connectivity index (χ3v) is 3.18. The molecule has 0 saturated carbocycles. The van der Waals surface area contributed by atoms with Gasteiger partial charge in [0.05, 0.1) is 17.5 Å². The number of alkyl halides is 3. The Bertz CT molecular complexity index is 940. The summed E-state index contributed by atoms with van der Waals surface area (Å²) in [6.45, 7) is 0. The second-order valence-electron chi connectivity index (χ2n) is 4.78. The van der Waals surface area contributed by atoms with Crippen molar-refractivity contribution in [3.05, 3.63) is 48.2 Å². The number of amidine groups is 1. The number of nitrogens with zero attached hydrogens (tertiary/aromatic N) is 3. The predicted molar refractivity (Wildman–Crippen MR) is 78.1 cm³/mol. The highest BCUT2D eigenvalue weighted by Crippen LogP contribution is 2.30. The molecule has 0 amide bonds. The monoisotopic (exact) mass is 355 g/mol. The highest BCUT2D eigenvalue weighted by molar-refractivity contribution is 6.12. The fraction of sp³-hybridized carbons (Fsp3) is 0.0714. The first kappa shape index (κ1) is 16.6. The van der Waals surface area contributed by atoms with E-state index >= 15 is 0 Å². The first-order valence-electron chi connectivity index (χ1n) is 6.67. The molecule has 0 aliphatic carbocycles. The number of benzene rings is 1. The molecule has 0 unspecified atom stereocenters. The molecule has 7 nitrogen and oxygen atoms in total. The van der Waals surface area contributed by atoms with Crippen LogP contribution in [-0.2, 0) is 0 Å². The lowest BCUT2D eigenvalue weighted by Gasteiger charge is -2.19. The second kappa shape index (κ2) is 6.02. The minimum atomic E-state index is -5.10. The van der Waals surface area contributed by atoms with E-state index in [0.29, 0.717) is 17.6 Å². The number of H-pyrrole nitrogens is 1. The van der Waals surface area contributed by atoms with Crippen LogP contribution in [-0.4, -0.2) is 32.4 Å². The maximum atomic E-state index is 13.5. The minimum Gasteiger partial charge on any atom is -0.403 e. The van der Waals surface area contributed by atoms with E-state index in [4.69, 9.17) is 5.41 Å². The van der Waals surface area contributed by atoms with Gasteiger partial charge in [-0.05, 0) is 18.2 Å². The third-order valence-electron chi connectivity index (χ3n) is 3.18. The van der Waals surface area contributed by atoms with Gasteiger partial charge in [-0.1, -0.05) is 0 Å². The molecule has 0 saturated heterocycles. The van der Waals surface area contributed by atoms with Crippen LogP contribution in [0, 0.1) is 11.2 Å². The van der Waals surface area contributed by atoms with E-state index in [0.717, 1.165) is 6.07 Å². The summed E-state index contributed by atoms with van der Waals surface area (Å²) in [4.78, 5) is 10.6. The number of ether oxygens (including phenoxy) is 1. The number of halogens is 4. The molecule has 0 aliphatic rings. The summed E-state index contributed by atoms with van der Waals surface area (Å²) in [6, 6.07) is 3.72. The Labute approximate surface area is 137 Å². The van der Waals surface area contributed by atoms with Crippen LogP contribution in [0.15, 0.2) is 36.8 Å². The first-order valence-corrected chi connectivity index (χ1v) is 6.67. The molecule has 3 N–H and O–H groups in total. The van der Waals surface area contributed by atoms with Gasteiger partial charge in [0.15, 0.2) is 23.0 Å². The quantitative estimate of drug-likeness (QED) is 0.290. The Morgan fingerprint density at radius 2 is 2.00 bits per heavy atom. The third kappa shape index (κ3) is 3.35. The number of imidazole rings is 1. The average molecular weight is 355 g/mol. The molecule has 0 radical (unpaired) electrons. The second-order valence-corrected chi connectivity index (χ2v) is 4.78. The van der Waals surface area contributed by atoms with Gasteiger partial charge >= 0.3 is 6.36 Å². The van der Waals surface area contributed by atoms with E-state index in [1.54, 1.807) is 0 Å². The van der Waals surface area contributed by atoms with Crippen LogP contribution in [0.2, 0.25) is 0 Å². The number of aromatic amines is 1. The number of aromatic nitrogens is 3. The Hall–Kier alpha value is -3.21. The summed E-state index contributed by atoms with van der Waals surface area (Å²) >= 11 is 0. The van der Waals surface area contributed by atoms with Crippen molar-refractivity contribution < 1.29 is 27.5 Å². The van der Waals surface area contributed by atoms with E-state index in [9.17, 15) is 22.8 Å². The zero-order chi connectivity index (χ0) is 18.2. The van der Waals surface area contributed by atoms with E-state index in [2.05, 4.69) is 19.7 Å². The summed E-state index contributed by atoms with van der Waals surface area (Å²) in [5.74, 6) is -2.87. The molecule has 0 bridgehead atoms. The zero-order valence-electron chi connectivity index (χ0n) is 12.2. The van der Waals surface area contributed by atoms with Crippen LogP contribution < -0.4 is 9.80 Å². The zero-order valence-corrected chi connectivity index (χ0v) is 12.2. The fourth-order valence-electron chi connectivity index (χ4n) is 2.12. The van der Waals surface area contributed by atoms with Gasteiger partial charge in [0.1, 0.15) is 0 Å². The Morgan fingerprint density at radius 3 is 2.72 bits per heavy atom. The summed E-state index contributed by atoms with van der Waals surface area (Å²) in [5.41, 5.74) is 0.527. The fourth-order valence-corrected chi connectivity index (χ4v) is 2.12. The van der Waals surface area contributed by atoms with Crippen LogP contribution in [0.4, 0.5) is 23.2 Å². The summed E-state index contributed by atoms with van der Waals surface area (Å²) in [5, 5.41) is 18.5. The molecular weight excluding hydrogens is 346 g/mol. The van der Waals surface area contributed by atoms with E-state index in [-0.39, 0.29) is 22.0 Å². The number of hydrogen-bond acceptors (Lipinski definition) is 5. The van der Waals surface area contributed by atoms with Crippen molar-refractivity contribution in [3.8, 4) is 5.75 Å². The van der Waals surface area contributed by atoms with Crippen LogP contribution in [0.25, 0.3) is 11.2 Å². The smallest absolute Gasteiger partial charge is 0.403 e. The number of anilines is 1. The van der Waals surface area contributed by atoms with Gasteiger partial charge in [0, 0.05) is 17.8 Å². The number of rotatable bonds is 3. The van der Waals surface area contributed by atoms with Gasteiger partial charge < -0.3 is 9.72 Å². The van der Waals surface area contributed by atoms with Crippen molar-refractivity contribution in [3.63, 3.8) is 0 Å². The molecule has 0 aliphatic heterocycles. The minimum absolute atomic E-state index is 0.188. The highest BCUT2D eigenvalue weighted by Gasteiger charge is 2.32. The number of fused-ring (bicyclic) bond motifs is 1.